The third-order valence-electron chi connectivity index (χ3n) is 3.05. The van der Waals surface area contributed by atoms with Gasteiger partial charge in [0.1, 0.15) is 0 Å². The zero-order valence-corrected chi connectivity index (χ0v) is 12.6. The number of hydrogen-bond acceptors (Lipinski definition) is 3. The predicted molar refractivity (Wildman–Crippen MR) is 76.3 cm³/mol. The van der Waals surface area contributed by atoms with Crippen molar-refractivity contribution in [2.45, 2.75) is 25.9 Å². The van der Waals surface area contributed by atoms with Crippen molar-refractivity contribution in [2.24, 2.45) is 11.7 Å². The van der Waals surface area contributed by atoms with Crippen LogP contribution in [0, 0.1) is 5.92 Å². The molecule has 2 atom stereocenters. The van der Waals surface area contributed by atoms with Crippen LogP contribution in [-0.2, 0) is 6.54 Å². The Morgan fingerprint density at radius 3 is 2.94 bits per heavy atom. The Balaban J connectivity index is 0.00000128. The molecule has 0 aromatic carbocycles. The number of rotatable bonds is 3. The first-order valence-corrected chi connectivity index (χ1v) is 7.03. The van der Waals surface area contributed by atoms with Gasteiger partial charge in [-0.1, -0.05) is 0 Å². The van der Waals surface area contributed by atoms with Crippen LogP contribution in [0.4, 0.5) is 0 Å². The predicted octanol–water partition coefficient (Wildman–Crippen LogP) is 3.10. The Kier molecular flexibility index (Phi) is 5.74. The average Bonchev–Trinajstić information content (AvgIpc) is 2.76. The molecule has 0 bridgehead atoms. The van der Waals surface area contributed by atoms with Crippen LogP contribution in [0.5, 0.6) is 0 Å². The van der Waals surface area contributed by atoms with Crippen molar-refractivity contribution in [3.05, 3.63) is 20.8 Å². The molecule has 1 saturated heterocycles. The van der Waals surface area contributed by atoms with E-state index in [9.17, 15) is 0 Å². The molecule has 0 aliphatic carbocycles. The van der Waals surface area contributed by atoms with Crippen molar-refractivity contribution >= 4 is 39.7 Å². The molecule has 1 aliphatic rings. The van der Waals surface area contributed by atoms with Crippen LogP contribution in [0.25, 0.3) is 0 Å². The second-order valence-electron chi connectivity index (χ2n) is 4.37. The lowest BCUT2D eigenvalue weighted by atomic mass is 10.0. The fraction of sp³-hybridized carbons (Fsp3) is 0.636. The van der Waals surface area contributed by atoms with Crippen molar-refractivity contribution < 1.29 is 0 Å². The second-order valence-corrected chi connectivity index (χ2v) is 6.29. The molecular weight excluding hydrogens is 308 g/mol. The molecular formula is C11H18BrClN2S. The highest BCUT2D eigenvalue weighted by atomic mass is 79.9. The highest BCUT2D eigenvalue weighted by molar-refractivity contribution is 9.10. The first-order valence-electron chi connectivity index (χ1n) is 5.36. The second kappa shape index (κ2) is 6.36. The molecule has 2 N–H and O–H groups in total. The number of nitrogens with two attached hydrogens (primary N) is 1. The van der Waals surface area contributed by atoms with Crippen LogP contribution >= 0.6 is 39.7 Å². The third-order valence-corrected chi connectivity index (χ3v) is 4.74. The van der Waals surface area contributed by atoms with Crippen LogP contribution in [0.1, 0.15) is 18.2 Å². The highest BCUT2D eigenvalue weighted by Gasteiger charge is 2.25. The standard InChI is InChI=1S/C11H17BrN2S.ClH/c1-8(13)9-2-3-14(5-9)6-11-4-10(12)7-15-11;/h4,7-9H,2-3,5-6,13H2,1H3;1H. The van der Waals surface area contributed by atoms with Gasteiger partial charge in [-0.05, 0) is 47.8 Å². The maximum absolute atomic E-state index is 5.93. The van der Waals surface area contributed by atoms with E-state index in [1.54, 1.807) is 0 Å². The number of nitrogens with zero attached hydrogens (tertiary/aromatic N) is 1. The van der Waals surface area contributed by atoms with E-state index in [2.05, 4.69) is 39.2 Å². The van der Waals surface area contributed by atoms with Gasteiger partial charge in [0, 0.05) is 33.9 Å². The van der Waals surface area contributed by atoms with E-state index in [1.165, 1.54) is 22.3 Å². The van der Waals surface area contributed by atoms with Gasteiger partial charge in [0.25, 0.3) is 0 Å². The van der Waals surface area contributed by atoms with Crippen molar-refractivity contribution in [2.75, 3.05) is 13.1 Å². The zero-order valence-electron chi connectivity index (χ0n) is 9.36. The highest BCUT2D eigenvalue weighted by Crippen LogP contribution is 2.25. The molecule has 0 spiro atoms. The Morgan fingerprint density at radius 2 is 2.44 bits per heavy atom. The van der Waals surface area contributed by atoms with Gasteiger partial charge in [0.2, 0.25) is 0 Å². The summed E-state index contributed by atoms with van der Waals surface area (Å²) in [6.07, 6.45) is 1.25. The summed E-state index contributed by atoms with van der Waals surface area (Å²) in [5.41, 5.74) is 5.93. The lowest BCUT2D eigenvalue weighted by Crippen LogP contribution is -2.29. The Morgan fingerprint density at radius 1 is 1.69 bits per heavy atom. The zero-order chi connectivity index (χ0) is 10.8. The molecule has 1 aromatic heterocycles. The summed E-state index contributed by atoms with van der Waals surface area (Å²) in [5.74, 6) is 0.688. The first kappa shape index (κ1) is 14.5. The Bertz CT molecular complexity index is 330. The smallest absolute Gasteiger partial charge is 0.0328 e. The maximum atomic E-state index is 5.93. The van der Waals surface area contributed by atoms with Gasteiger partial charge in [-0.15, -0.1) is 23.7 Å². The molecule has 2 rings (SSSR count). The minimum Gasteiger partial charge on any atom is -0.328 e. The van der Waals surface area contributed by atoms with E-state index >= 15 is 0 Å². The van der Waals surface area contributed by atoms with Crippen LogP contribution in [0.3, 0.4) is 0 Å². The SMILES string of the molecule is CC(N)C1CCN(Cc2cc(Br)cs2)C1.Cl. The maximum Gasteiger partial charge on any atom is 0.0328 e. The molecule has 2 unspecified atom stereocenters. The third kappa shape index (κ3) is 3.70. The van der Waals surface area contributed by atoms with Crippen molar-refractivity contribution in [3.63, 3.8) is 0 Å². The summed E-state index contributed by atoms with van der Waals surface area (Å²) in [5, 5.41) is 2.15. The van der Waals surface area contributed by atoms with Gasteiger partial charge in [0.15, 0.2) is 0 Å². The van der Waals surface area contributed by atoms with Crippen molar-refractivity contribution in [1.29, 1.82) is 0 Å². The van der Waals surface area contributed by atoms with Crippen LogP contribution in [0.15, 0.2) is 15.9 Å². The molecule has 0 saturated carbocycles. The normalized spacial score (nSPS) is 23.1. The summed E-state index contributed by atoms with van der Waals surface area (Å²) in [7, 11) is 0. The van der Waals surface area contributed by atoms with E-state index in [0.29, 0.717) is 12.0 Å². The van der Waals surface area contributed by atoms with Crippen molar-refractivity contribution in [3.8, 4) is 0 Å². The van der Waals surface area contributed by atoms with Crippen molar-refractivity contribution in [1.82, 2.24) is 4.90 Å². The lowest BCUT2D eigenvalue weighted by Gasteiger charge is -2.16. The summed E-state index contributed by atoms with van der Waals surface area (Å²) < 4.78 is 1.20. The molecule has 1 fully saturated rings. The molecule has 16 heavy (non-hydrogen) atoms. The molecule has 1 aromatic rings. The van der Waals surface area contributed by atoms with E-state index in [0.717, 1.165) is 13.1 Å². The van der Waals surface area contributed by atoms with Gasteiger partial charge in [-0.2, -0.15) is 0 Å². The average molecular weight is 326 g/mol. The quantitative estimate of drug-likeness (QED) is 0.925. The number of hydrogen-bond donors (Lipinski definition) is 1. The molecule has 0 radical (unpaired) electrons. The number of likely N-dealkylation sites (tertiary alicyclic amines) is 1. The molecule has 92 valence electrons. The van der Waals surface area contributed by atoms with Gasteiger partial charge < -0.3 is 5.73 Å². The van der Waals surface area contributed by atoms with Gasteiger partial charge in [0.05, 0.1) is 0 Å². The van der Waals surface area contributed by atoms with E-state index in [1.807, 2.05) is 11.3 Å². The van der Waals surface area contributed by atoms with Crippen LogP contribution < -0.4 is 5.73 Å². The fourth-order valence-corrected chi connectivity index (χ4v) is 3.58. The Labute approximate surface area is 116 Å². The van der Waals surface area contributed by atoms with Crippen LogP contribution in [-0.4, -0.2) is 24.0 Å². The number of thiophene rings is 1. The molecule has 2 heterocycles. The topological polar surface area (TPSA) is 29.3 Å². The molecule has 0 amide bonds. The van der Waals surface area contributed by atoms with Gasteiger partial charge >= 0.3 is 0 Å². The fourth-order valence-electron chi connectivity index (χ4n) is 2.09. The van der Waals surface area contributed by atoms with E-state index in [-0.39, 0.29) is 12.4 Å². The number of halogens is 2. The van der Waals surface area contributed by atoms with E-state index in [4.69, 9.17) is 5.73 Å². The minimum absolute atomic E-state index is 0. The van der Waals surface area contributed by atoms with E-state index < -0.39 is 0 Å². The lowest BCUT2D eigenvalue weighted by molar-refractivity contribution is 0.311. The Hall–Kier alpha value is 0.390. The largest absolute Gasteiger partial charge is 0.328 e. The summed E-state index contributed by atoms with van der Waals surface area (Å²) in [6, 6.07) is 2.55. The molecule has 1 aliphatic heterocycles. The van der Waals surface area contributed by atoms with Crippen LogP contribution in [0.2, 0.25) is 0 Å². The first-order chi connectivity index (χ1) is 7.15. The summed E-state index contributed by atoms with van der Waals surface area (Å²) >= 11 is 5.31. The minimum atomic E-state index is 0. The van der Waals surface area contributed by atoms with Gasteiger partial charge in [-0.3, -0.25) is 4.90 Å². The summed E-state index contributed by atoms with van der Waals surface area (Å²) in [4.78, 5) is 3.94. The molecule has 2 nitrogen and oxygen atoms in total. The summed E-state index contributed by atoms with van der Waals surface area (Å²) in [6.45, 7) is 5.56. The van der Waals surface area contributed by atoms with Gasteiger partial charge in [-0.25, -0.2) is 0 Å². The molecule has 5 heteroatoms. The monoisotopic (exact) mass is 324 g/mol.